The highest BCUT2D eigenvalue weighted by atomic mass is 35.5. The molecule has 0 amide bonds. The van der Waals surface area contributed by atoms with Gasteiger partial charge < -0.3 is 0 Å². The van der Waals surface area contributed by atoms with Gasteiger partial charge in [0.1, 0.15) is 6.33 Å². The van der Waals surface area contributed by atoms with Crippen LogP contribution in [0.2, 0.25) is 0 Å². The number of nitrogens with zero attached hydrogens (tertiary/aromatic N) is 3. The third kappa shape index (κ3) is 2.95. The molecule has 7 heteroatoms. The summed E-state index contributed by atoms with van der Waals surface area (Å²) in [6.45, 7) is 1.61. The largest absolute Gasteiger partial charge is 0.444 e. The quantitative estimate of drug-likeness (QED) is 0.687. The van der Waals surface area contributed by atoms with Gasteiger partial charge in [0.25, 0.3) is 0 Å². The molecule has 0 radical (unpaired) electrons. The van der Waals surface area contributed by atoms with Crippen LogP contribution >= 0.6 is 11.6 Å². The van der Waals surface area contributed by atoms with Crippen molar-refractivity contribution in [1.29, 1.82) is 0 Å². The number of aryl methyl sites for hydroxylation is 1. The van der Waals surface area contributed by atoms with Gasteiger partial charge in [-0.15, -0.1) is 0 Å². The minimum atomic E-state index is -4.64. The van der Waals surface area contributed by atoms with Crippen LogP contribution < -0.4 is 0 Å². The highest BCUT2D eigenvalue weighted by Crippen LogP contribution is 2.22. The highest BCUT2D eigenvalue weighted by Gasteiger charge is 2.34. The summed E-state index contributed by atoms with van der Waals surface area (Å²) in [6, 6.07) is 1.30. The summed E-state index contributed by atoms with van der Waals surface area (Å²) in [6.07, 6.45) is -3.52. The van der Waals surface area contributed by atoms with Gasteiger partial charge in [-0.05, 0) is 6.92 Å². The summed E-state index contributed by atoms with van der Waals surface area (Å²) < 4.78 is 35.8. The standard InChI is InChI=1S/C7H5ClF3N3/c1-4-2-5(13-3-12-4)14-6(8)7(9,10)11/h2-3H,1H3. The zero-order chi connectivity index (χ0) is 10.8. The molecule has 0 saturated carbocycles. The van der Waals surface area contributed by atoms with Gasteiger partial charge in [-0.3, -0.25) is 0 Å². The lowest BCUT2D eigenvalue weighted by atomic mass is 10.4. The van der Waals surface area contributed by atoms with Gasteiger partial charge in [0.15, 0.2) is 5.82 Å². The second kappa shape index (κ2) is 3.91. The van der Waals surface area contributed by atoms with Crippen LogP contribution in [0, 0.1) is 6.92 Å². The topological polar surface area (TPSA) is 38.1 Å². The summed E-state index contributed by atoms with van der Waals surface area (Å²) in [5.74, 6) is -0.111. The molecule has 0 unspecified atom stereocenters. The van der Waals surface area contributed by atoms with Crippen LogP contribution in [-0.2, 0) is 0 Å². The fourth-order valence-corrected chi connectivity index (χ4v) is 0.752. The van der Waals surface area contributed by atoms with Crippen molar-refractivity contribution in [3.05, 3.63) is 18.1 Å². The van der Waals surface area contributed by atoms with E-state index in [9.17, 15) is 13.2 Å². The average molecular weight is 224 g/mol. The smallest absolute Gasteiger partial charge is 0.242 e. The molecular formula is C7H5ClF3N3. The Morgan fingerprint density at radius 3 is 2.57 bits per heavy atom. The van der Waals surface area contributed by atoms with Gasteiger partial charge in [0, 0.05) is 11.8 Å². The molecular weight excluding hydrogens is 219 g/mol. The Morgan fingerprint density at radius 1 is 1.43 bits per heavy atom. The Labute approximate surface area is 82.7 Å². The molecule has 14 heavy (non-hydrogen) atoms. The van der Waals surface area contributed by atoms with Crippen LogP contribution in [0.5, 0.6) is 0 Å². The molecule has 0 aliphatic rings. The van der Waals surface area contributed by atoms with Crippen molar-refractivity contribution in [2.24, 2.45) is 4.99 Å². The van der Waals surface area contributed by atoms with Gasteiger partial charge >= 0.3 is 6.18 Å². The third-order valence-corrected chi connectivity index (χ3v) is 1.53. The van der Waals surface area contributed by atoms with Gasteiger partial charge in [0.2, 0.25) is 5.17 Å². The molecule has 0 N–H and O–H groups in total. The van der Waals surface area contributed by atoms with E-state index in [0.29, 0.717) is 5.69 Å². The Hall–Kier alpha value is -1.17. The van der Waals surface area contributed by atoms with Crippen molar-refractivity contribution in [2.75, 3.05) is 0 Å². The van der Waals surface area contributed by atoms with E-state index in [1.54, 1.807) is 6.92 Å². The number of aromatic nitrogens is 2. The fourth-order valence-electron chi connectivity index (χ4n) is 0.666. The maximum atomic E-state index is 11.9. The Kier molecular flexibility index (Phi) is 3.05. The SMILES string of the molecule is Cc1cc(N=C(Cl)C(F)(F)F)ncn1. The van der Waals surface area contributed by atoms with Crippen molar-refractivity contribution in [2.45, 2.75) is 13.1 Å². The molecule has 0 saturated heterocycles. The van der Waals surface area contributed by atoms with E-state index in [0.717, 1.165) is 6.33 Å². The summed E-state index contributed by atoms with van der Waals surface area (Å²) in [5.41, 5.74) is 0.519. The molecule has 1 rings (SSSR count). The Balaban J connectivity index is 2.98. The lowest BCUT2D eigenvalue weighted by Gasteiger charge is -2.02. The third-order valence-electron chi connectivity index (χ3n) is 1.24. The maximum Gasteiger partial charge on any atom is 0.444 e. The number of rotatable bonds is 1. The molecule has 0 aromatic carbocycles. The van der Waals surface area contributed by atoms with Crippen molar-refractivity contribution >= 4 is 22.6 Å². The summed E-state index contributed by atoms with van der Waals surface area (Å²) in [7, 11) is 0. The minimum absolute atomic E-state index is 0.111. The molecule has 0 spiro atoms. The van der Waals surface area contributed by atoms with Gasteiger partial charge in [-0.1, -0.05) is 11.6 Å². The number of hydrogen-bond donors (Lipinski definition) is 0. The molecule has 3 nitrogen and oxygen atoms in total. The lowest BCUT2D eigenvalue weighted by Crippen LogP contribution is -2.16. The number of alkyl halides is 3. The van der Waals surface area contributed by atoms with E-state index in [1.807, 2.05) is 0 Å². The second-order valence-corrected chi connectivity index (χ2v) is 2.78. The number of aliphatic imine (C=N–C) groups is 1. The normalized spacial score (nSPS) is 13.1. The maximum absolute atomic E-state index is 11.9. The predicted octanol–water partition coefficient (Wildman–Crippen LogP) is 2.62. The van der Waals surface area contributed by atoms with E-state index in [-0.39, 0.29) is 5.82 Å². The summed E-state index contributed by atoms with van der Waals surface area (Å²) in [5, 5.41) is -1.45. The zero-order valence-electron chi connectivity index (χ0n) is 7.01. The van der Waals surface area contributed by atoms with Crippen molar-refractivity contribution < 1.29 is 13.2 Å². The molecule has 76 valence electrons. The van der Waals surface area contributed by atoms with E-state index in [2.05, 4.69) is 15.0 Å². The first-order valence-electron chi connectivity index (χ1n) is 3.49. The van der Waals surface area contributed by atoms with Crippen LogP contribution in [-0.4, -0.2) is 21.3 Å². The number of hydrogen-bond acceptors (Lipinski definition) is 3. The first kappa shape index (κ1) is 10.9. The highest BCUT2D eigenvalue weighted by molar-refractivity contribution is 6.67. The van der Waals surface area contributed by atoms with Crippen molar-refractivity contribution in [3.63, 3.8) is 0 Å². The Morgan fingerprint density at radius 2 is 2.07 bits per heavy atom. The van der Waals surface area contributed by atoms with Gasteiger partial charge in [0.05, 0.1) is 0 Å². The van der Waals surface area contributed by atoms with E-state index >= 15 is 0 Å². The molecule has 0 atom stereocenters. The molecule has 1 aromatic rings. The lowest BCUT2D eigenvalue weighted by molar-refractivity contribution is -0.0558. The second-order valence-electron chi connectivity index (χ2n) is 2.42. The van der Waals surface area contributed by atoms with Crippen molar-refractivity contribution in [3.8, 4) is 0 Å². The first-order chi connectivity index (χ1) is 6.39. The monoisotopic (exact) mass is 223 g/mol. The molecule has 0 aliphatic carbocycles. The average Bonchev–Trinajstić information content (AvgIpc) is 2.02. The van der Waals surface area contributed by atoms with E-state index in [4.69, 9.17) is 11.6 Å². The van der Waals surface area contributed by atoms with Gasteiger partial charge in [-0.2, -0.15) is 13.2 Å². The van der Waals surface area contributed by atoms with Crippen LogP contribution in [0.15, 0.2) is 17.4 Å². The molecule has 0 bridgehead atoms. The minimum Gasteiger partial charge on any atom is -0.242 e. The first-order valence-corrected chi connectivity index (χ1v) is 3.87. The van der Waals surface area contributed by atoms with Crippen LogP contribution in [0.4, 0.5) is 19.0 Å². The van der Waals surface area contributed by atoms with Gasteiger partial charge in [-0.25, -0.2) is 15.0 Å². The number of halogens is 4. The fraction of sp³-hybridized carbons (Fsp3) is 0.286. The summed E-state index contributed by atoms with van der Waals surface area (Å²) in [4.78, 5) is 10.3. The van der Waals surface area contributed by atoms with Crippen LogP contribution in [0.3, 0.4) is 0 Å². The van der Waals surface area contributed by atoms with Crippen LogP contribution in [0.25, 0.3) is 0 Å². The zero-order valence-corrected chi connectivity index (χ0v) is 7.76. The van der Waals surface area contributed by atoms with E-state index < -0.39 is 11.3 Å². The summed E-state index contributed by atoms with van der Waals surface area (Å²) >= 11 is 4.91. The molecule has 1 heterocycles. The van der Waals surface area contributed by atoms with E-state index in [1.165, 1.54) is 6.07 Å². The molecule has 0 fully saturated rings. The van der Waals surface area contributed by atoms with Crippen LogP contribution in [0.1, 0.15) is 5.69 Å². The Bertz CT molecular complexity index is 361. The molecule has 0 aliphatic heterocycles. The predicted molar refractivity (Wildman–Crippen MR) is 45.8 cm³/mol. The molecule has 1 aromatic heterocycles. The van der Waals surface area contributed by atoms with Crippen molar-refractivity contribution in [1.82, 2.24) is 9.97 Å².